The SMILES string of the molecule is O=C(P)c1c(Cl)c(Cl)cc(Cl)c1Cl.[Li][CH]1CCCC1. The van der Waals surface area contributed by atoms with Gasteiger partial charge in [0.25, 0.3) is 0 Å². The van der Waals surface area contributed by atoms with E-state index in [9.17, 15) is 4.79 Å². The van der Waals surface area contributed by atoms with Crippen molar-refractivity contribution in [2.75, 3.05) is 0 Å². The Hall–Kier alpha value is 1.08. The molecule has 0 spiro atoms. The first-order valence-corrected chi connectivity index (χ1v) is 8.06. The summed E-state index contributed by atoms with van der Waals surface area (Å²) in [5, 5.41) is 0.663. The molecule has 0 heterocycles. The van der Waals surface area contributed by atoms with Crippen molar-refractivity contribution in [3.8, 4) is 0 Å². The van der Waals surface area contributed by atoms with Crippen LogP contribution in [0.2, 0.25) is 24.7 Å². The van der Waals surface area contributed by atoms with E-state index in [1.165, 1.54) is 31.7 Å². The van der Waals surface area contributed by atoms with E-state index in [2.05, 4.69) is 17.7 Å². The first-order valence-electron chi connectivity index (χ1n) is 5.97. The van der Waals surface area contributed by atoms with Gasteiger partial charge in [-0.1, -0.05) is 55.6 Å². The fourth-order valence-corrected chi connectivity index (χ4v) is 3.39. The molecule has 0 N–H and O–H groups in total. The van der Waals surface area contributed by atoms with E-state index in [1.807, 2.05) is 9.24 Å². The zero-order valence-electron chi connectivity index (χ0n) is 10.5. The molecule has 1 nitrogen and oxygen atoms in total. The number of carbonyl (C=O) groups excluding carboxylic acids is 1. The molecule has 0 bridgehead atoms. The Labute approximate surface area is 145 Å². The van der Waals surface area contributed by atoms with Gasteiger partial charge in [-0.25, -0.2) is 0 Å². The van der Waals surface area contributed by atoms with E-state index in [0.29, 0.717) is 0 Å². The van der Waals surface area contributed by atoms with Gasteiger partial charge >= 0.3 is 48.0 Å². The molecule has 1 aromatic rings. The van der Waals surface area contributed by atoms with Crippen LogP contribution in [0.1, 0.15) is 36.0 Å². The second kappa shape index (κ2) is 8.50. The number of carbonyl (C=O) groups is 1. The zero-order valence-corrected chi connectivity index (χ0v) is 14.7. The van der Waals surface area contributed by atoms with Gasteiger partial charge in [-0.3, -0.25) is 4.79 Å². The van der Waals surface area contributed by atoms with Crippen LogP contribution < -0.4 is 0 Å². The van der Waals surface area contributed by atoms with Gasteiger partial charge in [-0.05, 0) is 6.07 Å². The van der Waals surface area contributed by atoms with Gasteiger partial charge in [0.1, 0.15) is 0 Å². The quantitative estimate of drug-likeness (QED) is 0.353. The molecule has 0 aromatic heterocycles. The first kappa shape index (κ1) is 18.1. The molecular weight excluding hydrogens is 340 g/mol. The van der Waals surface area contributed by atoms with Gasteiger partial charge in [0.2, 0.25) is 0 Å². The molecule has 1 fully saturated rings. The van der Waals surface area contributed by atoms with E-state index >= 15 is 0 Å². The molecule has 1 aliphatic carbocycles. The minimum atomic E-state index is -0.348. The van der Waals surface area contributed by atoms with Crippen molar-refractivity contribution in [1.82, 2.24) is 0 Å². The molecule has 100 valence electrons. The van der Waals surface area contributed by atoms with Crippen LogP contribution in [0.25, 0.3) is 0 Å². The Balaban J connectivity index is 0.000000250. The summed E-state index contributed by atoms with van der Waals surface area (Å²) in [6, 6.07) is 1.39. The molecular formula is C12H12Cl4LiOP. The van der Waals surface area contributed by atoms with Crippen molar-refractivity contribution < 1.29 is 4.79 Å². The average Bonchev–Trinajstić information content (AvgIpc) is 2.78. The Morgan fingerprint density at radius 3 is 1.79 bits per heavy atom. The molecule has 0 radical (unpaired) electrons. The summed E-state index contributed by atoms with van der Waals surface area (Å²) in [5.74, 6) is 0. The number of hydrogen-bond acceptors (Lipinski definition) is 1. The van der Waals surface area contributed by atoms with Crippen LogP contribution in [0.3, 0.4) is 0 Å². The summed E-state index contributed by atoms with van der Waals surface area (Å²) < 4.78 is 1.05. The molecule has 0 aliphatic heterocycles. The second-order valence-corrected chi connectivity index (χ2v) is 6.69. The van der Waals surface area contributed by atoms with Crippen LogP contribution in [-0.4, -0.2) is 23.2 Å². The predicted molar refractivity (Wildman–Crippen MR) is 88.5 cm³/mol. The van der Waals surface area contributed by atoms with Gasteiger partial charge in [-0.15, -0.1) is 0 Å². The van der Waals surface area contributed by atoms with Gasteiger partial charge < -0.3 is 0 Å². The summed E-state index contributed by atoms with van der Waals surface area (Å²) in [6.45, 7) is 0. The monoisotopic (exact) mass is 350 g/mol. The Bertz CT molecular complexity index is 449. The summed E-state index contributed by atoms with van der Waals surface area (Å²) in [4.78, 5) is 11.1. The predicted octanol–water partition coefficient (Wildman–Crippen LogP) is 5.83. The van der Waals surface area contributed by atoms with Crippen LogP contribution in [0, 0.1) is 0 Å². The molecule has 0 saturated heterocycles. The maximum atomic E-state index is 11.1. The molecule has 1 atom stereocenters. The van der Waals surface area contributed by atoms with Crippen LogP contribution in [0.15, 0.2) is 6.07 Å². The Morgan fingerprint density at radius 1 is 1.11 bits per heavy atom. The number of benzene rings is 1. The standard InChI is InChI=1S/C7H3Cl4OP.C5H9.Li/c8-2-1-3(9)6(11)4(5(2)10)7(12)13;1-2-4-5-3-1;/h1H,13H2;1H,2-5H2;. The van der Waals surface area contributed by atoms with Crippen LogP contribution in [0.4, 0.5) is 0 Å². The summed E-state index contributed by atoms with van der Waals surface area (Å²) in [5.41, 5.74) is -0.217. The van der Waals surface area contributed by atoms with Crippen LogP contribution in [-0.2, 0) is 0 Å². The van der Waals surface area contributed by atoms with E-state index in [1.54, 1.807) is 0 Å². The third-order valence-corrected chi connectivity index (χ3v) is 4.87. The first-order chi connectivity index (χ1) is 8.84. The minimum absolute atomic E-state index is 0.121. The van der Waals surface area contributed by atoms with Crippen molar-refractivity contribution in [2.24, 2.45) is 0 Å². The molecule has 1 aromatic carbocycles. The van der Waals surface area contributed by atoms with E-state index in [-0.39, 0.29) is 31.2 Å². The van der Waals surface area contributed by atoms with E-state index < -0.39 is 0 Å². The summed E-state index contributed by atoms with van der Waals surface area (Å²) in [7, 11) is 1.96. The van der Waals surface area contributed by atoms with Gasteiger partial charge in [0.05, 0.1) is 25.7 Å². The average molecular weight is 352 g/mol. The fourth-order valence-electron chi connectivity index (χ4n) is 1.92. The van der Waals surface area contributed by atoms with E-state index in [0.717, 1.165) is 4.59 Å². The topological polar surface area (TPSA) is 17.1 Å². The second-order valence-electron chi connectivity index (χ2n) is 4.60. The third kappa shape index (κ3) is 5.41. The maximum absolute atomic E-state index is 11.1. The molecule has 1 unspecified atom stereocenters. The number of rotatable bonds is 1. The molecule has 1 aliphatic rings. The van der Waals surface area contributed by atoms with E-state index in [4.69, 9.17) is 46.4 Å². The Kier molecular flexibility index (Phi) is 8.11. The van der Waals surface area contributed by atoms with Crippen molar-refractivity contribution in [1.29, 1.82) is 0 Å². The molecule has 19 heavy (non-hydrogen) atoms. The number of hydrogen-bond donors (Lipinski definition) is 0. The zero-order chi connectivity index (χ0) is 14.6. The van der Waals surface area contributed by atoms with Crippen LogP contribution >= 0.6 is 55.6 Å². The molecule has 7 heteroatoms. The fraction of sp³-hybridized carbons (Fsp3) is 0.417. The summed E-state index contributed by atoms with van der Waals surface area (Å²) in [6.07, 6.45) is 5.95. The van der Waals surface area contributed by atoms with Crippen molar-refractivity contribution in [3.05, 3.63) is 31.7 Å². The van der Waals surface area contributed by atoms with Gasteiger partial charge in [0.15, 0.2) is 5.52 Å². The molecule has 1 saturated carbocycles. The molecule has 2 rings (SSSR count). The van der Waals surface area contributed by atoms with Gasteiger partial charge in [0, 0.05) is 0 Å². The van der Waals surface area contributed by atoms with Crippen molar-refractivity contribution in [3.63, 3.8) is 0 Å². The Morgan fingerprint density at radius 2 is 1.53 bits per heavy atom. The normalized spacial score (nSPS) is 15.1. The number of halogens is 4. The van der Waals surface area contributed by atoms with Crippen molar-refractivity contribution >= 4 is 78.9 Å². The van der Waals surface area contributed by atoms with Gasteiger partial charge in [-0.2, -0.15) is 0 Å². The third-order valence-electron chi connectivity index (χ3n) is 3.00. The molecule has 0 amide bonds. The van der Waals surface area contributed by atoms with Crippen LogP contribution in [0.5, 0.6) is 0 Å². The van der Waals surface area contributed by atoms with Crippen molar-refractivity contribution in [2.45, 2.75) is 30.3 Å². The summed E-state index contributed by atoms with van der Waals surface area (Å²) >= 11 is 25.3.